The van der Waals surface area contributed by atoms with Gasteiger partial charge in [-0.25, -0.2) is 8.42 Å². The first-order chi connectivity index (χ1) is 12.2. The molecule has 1 saturated heterocycles. The van der Waals surface area contributed by atoms with Gasteiger partial charge in [-0.2, -0.15) is 4.31 Å². The van der Waals surface area contributed by atoms with E-state index in [-0.39, 0.29) is 24.0 Å². The van der Waals surface area contributed by atoms with Gasteiger partial charge in [0.05, 0.1) is 10.9 Å². The van der Waals surface area contributed by atoms with E-state index in [0.29, 0.717) is 31.1 Å². The zero-order valence-corrected chi connectivity index (χ0v) is 17.2. The first-order valence-electron chi connectivity index (χ1n) is 9.27. The van der Waals surface area contributed by atoms with Crippen molar-refractivity contribution in [1.82, 2.24) is 14.1 Å². The number of hydrogen-bond acceptors (Lipinski definition) is 4. The van der Waals surface area contributed by atoms with E-state index in [1.54, 1.807) is 30.3 Å². The number of sulfonamides is 1. The second kappa shape index (κ2) is 8.50. The van der Waals surface area contributed by atoms with Gasteiger partial charge in [0.25, 0.3) is 0 Å². The maximum Gasteiger partial charge on any atom is 0.243 e. The van der Waals surface area contributed by atoms with Crippen molar-refractivity contribution in [2.75, 3.05) is 26.2 Å². The average molecular weight is 382 g/mol. The van der Waals surface area contributed by atoms with Gasteiger partial charge in [-0.05, 0) is 46.8 Å². The summed E-state index contributed by atoms with van der Waals surface area (Å²) >= 11 is 0. The molecule has 1 fully saturated rings. The Hall–Kier alpha value is -1.44. The van der Waals surface area contributed by atoms with Crippen LogP contribution in [0.1, 0.15) is 34.6 Å². The fourth-order valence-corrected chi connectivity index (χ4v) is 4.99. The van der Waals surface area contributed by atoms with Gasteiger partial charge in [0.15, 0.2) is 0 Å². The highest BCUT2D eigenvalue weighted by Gasteiger charge is 2.34. The number of amides is 1. The van der Waals surface area contributed by atoms with Gasteiger partial charge in [-0.1, -0.05) is 18.2 Å². The van der Waals surface area contributed by atoms with Crippen molar-refractivity contribution in [3.8, 4) is 0 Å². The molecule has 1 aromatic rings. The summed E-state index contributed by atoms with van der Waals surface area (Å²) in [6.07, 6.45) is 0. The van der Waals surface area contributed by atoms with E-state index in [1.165, 1.54) is 4.31 Å². The molecular formula is C19H31N3O3S. The molecule has 1 aliphatic rings. The molecule has 1 heterocycles. The van der Waals surface area contributed by atoms with Crippen LogP contribution in [0.4, 0.5) is 0 Å². The van der Waals surface area contributed by atoms with Crippen molar-refractivity contribution in [3.05, 3.63) is 30.3 Å². The maximum absolute atomic E-state index is 12.9. The van der Waals surface area contributed by atoms with Crippen LogP contribution in [0, 0.1) is 0 Å². The Morgan fingerprint density at radius 1 is 0.923 bits per heavy atom. The number of benzene rings is 1. The highest BCUT2D eigenvalue weighted by molar-refractivity contribution is 7.89. The molecule has 26 heavy (non-hydrogen) atoms. The molecular weight excluding hydrogens is 350 g/mol. The van der Waals surface area contributed by atoms with Gasteiger partial charge in [-0.3, -0.25) is 9.69 Å². The topological polar surface area (TPSA) is 60.9 Å². The molecule has 0 bridgehead atoms. The predicted octanol–water partition coefficient (Wildman–Crippen LogP) is 2.03. The summed E-state index contributed by atoms with van der Waals surface area (Å²) in [5.74, 6) is 0.106. The van der Waals surface area contributed by atoms with E-state index in [4.69, 9.17) is 0 Å². The number of hydrogen-bond donors (Lipinski definition) is 0. The van der Waals surface area contributed by atoms with Crippen molar-refractivity contribution in [3.63, 3.8) is 0 Å². The molecule has 2 rings (SSSR count). The number of carbonyl (C=O) groups excluding carboxylic acids is 1. The molecule has 0 spiro atoms. The monoisotopic (exact) mass is 381 g/mol. The average Bonchev–Trinajstić information content (AvgIpc) is 2.61. The molecule has 1 aliphatic heterocycles. The lowest BCUT2D eigenvalue weighted by atomic mass is 10.1. The first-order valence-corrected chi connectivity index (χ1v) is 10.7. The van der Waals surface area contributed by atoms with Gasteiger partial charge < -0.3 is 4.90 Å². The largest absolute Gasteiger partial charge is 0.336 e. The zero-order valence-electron chi connectivity index (χ0n) is 16.4. The van der Waals surface area contributed by atoms with Gasteiger partial charge >= 0.3 is 0 Å². The van der Waals surface area contributed by atoms with E-state index in [0.717, 1.165) is 0 Å². The first kappa shape index (κ1) is 20.9. The van der Waals surface area contributed by atoms with Crippen LogP contribution in [0.5, 0.6) is 0 Å². The second-order valence-electron chi connectivity index (χ2n) is 7.36. The summed E-state index contributed by atoms with van der Waals surface area (Å²) in [6.45, 7) is 11.9. The molecule has 7 heteroatoms. The summed E-state index contributed by atoms with van der Waals surface area (Å²) in [6, 6.07) is 8.55. The normalized spacial score (nSPS) is 18.3. The number of piperazine rings is 1. The smallest absolute Gasteiger partial charge is 0.243 e. The quantitative estimate of drug-likeness (QED) is 0.756. The van der Waals surface area contributed by atoms with E-state index in [1.807, 2.05) is 39.5 Å². The Morgan fingerprint density at radius 3 is 1.88 bits per heavy atom. The Balaban J connectivity index is 2.03. The Bertz CT molecular complexity index is 688. The molecule has 146 valence electrons. The van der Waals surface area contributed by atoms with Crippen molar-refractivity contribution in [2.45, 2.75) is 57.6 Å². The predicted molar refractivity (Wildman–Crippen MR) is 103 cm³/mol. The minimum Gasteiger partial charge on any atom is -0.336 e. The lowest BCUT2D eigenvalue weighted by Gasteiger charge is -2.40. The molecule has 1 atom stereocenters. The van der Waals surface area contributed by atoms with Crippen LogP contribution in [0.25, 0.3) is 0 Å². The molecule has 0 radical (unpaired) electrons. The Labute approximate surface area is 157 Å². The lowest BCUT2D eigenvalue weighted by Crippen LogP contribution is -2.57. The summed E-state index contributed by atoms with van der Waals surface area (Å²) < 4.78 is 26.9. The third-order valence-electron chi connectivity index (χ3n) is 4.93. The third-order valence-corrected chi connectivity index (χ3v) is 6.84. The highest BCUT2D eigenvalue weighted by Crippen LogP contribution is 2.19. The maximum atomic E-state index is 12.9. The summed E-state index contributed by atoms with van der Waals surface area (Å²) in [5.41, 5.74) is 0. The van der Waals surface area contributed by atoms with E-state index >= 15 is 0 Å². The van der Waals surface area contributed by atoms with Crippen LogP contribution >= 0.6 is 0 Å². The molecule has 1 aromatic carbocycles. The SMILES string of the molecule is CC(C)N(C(=O)[C@H](C)N1CCN(S(=O)(=O)c2ccccc2)CC1)C(C)C. The van der Waals surface area contributed by atoms with Crippen molar-refractivity contribution in [2.24, 2.45) is 0 Å². The van der Waals surface area contributed by atoms with Crippen molar-refractivity contribution >= 4 is 15.9 Å². The Kier molecular flexibility index (Phi) is 6.82. The number of nitrogens with zero attached hydrogens (tertiary/aromatic N) is 3. The Morgan fingerprint density at radius 2 is 1.42 bits per heavy atom. The third kappa shape index (κ3) is 4.45. The van der Waals surface area contributed by atoms with Gasteiger partial charge in [0.1, 0.15) is 0 Å². The highest BCUT2D eigenvalue weighted by atomic mass is 32.2. The molecule has 0 unspecified atom stereocenters. The summed E-state index contributed by atoms with van der Waals surface area (Å²) in [7, 11) is -3.46. The molecule has 0 aliphatic carbocycles. The molecule has 1 amide bonds. The molecule has 0 aromatic heterocycles. The molecule has 6 nitrogen and oxygen atoms in total. The fourth-order valence-electron chi connectivity index (χ4n) is 3.55. The van der Waals surface area contributed by atoms with Crippen LogP contribution < -0.4 is 0 Å². The summed E-state index contributed by atoms with van der Waals surface area (Å²) in [5, 5.41) is 0. The van der Waals surface area contributed by atoms with Crippen LogP contribution in [0.3, 0.4) is 0 Å². The van der Waals surface area contributed by atoms with E-state index in [9.17, 15) is 13.2 Å². The standard InChI is InChI=1S/C19H31N3O3S/c1-15(2)22(16(3)4)19(23)17(5)20-11-13-21(14-12-20)26(24,25)18-9-7-6-8-10-18/h6-10,15-17H,11-14H2,1-5H3/t17-/m0/s1. The number of rotatable bonds is 6. The van der Waals surface area contributed by atoms with Gasteiger partial charge in [-0.15, -0.1) is 0 Å². The molecule has 0 N–H and O–H groups in total. The number of carbonyl (C=O) groups is 1. The van der Waals surface area contributed by atoms with Crippen LogP contribution in [0.15, 0.2) is 35.2 Å². The summed E-state index contributed by atoms with van der Waals surface area (Å²) in [4.78, 5) is 17.2. The van der Waals surface area contributed by atoms with Crippen molar-refractivity contribution < 1.29 is 13.2 Å². The minimum atomic E-state index is -3.46. The van der Waals surface area contributed by atoms with Crippen LogP contribution in [-0.4, -0.2) is 72.7 Å². The second-order valence-corrected chi connectivity index (χ2v) is 9.30. The van der Waals surface area contributed by atoms with Crippen molar-refractivity contribution in [1.29, 1.82) is 0 Å². The van der Waals surface area contributed by atoms with E-state index in [2.05, 4.69) is 4.90 Å². The fraction of sp³-hybridized carbons (Fsp3) is 0.632. The van der Waals surface area contributed by atoms with Gasteiger partial charge in [0, 0.05) is 38.3 Å². The molecule has 0 saturated carbocycles. The van der Waals surface area contributed by atoms with Crippen LogP contribution in [-0.2, 0) is 14.8 Å². The lowest BCUT2D eigenvalue weighted by molar-refractivity contribution is -0.140. The van der Waals surface area contributed by atoms with Crippen LogP contribution in [0.2, 0.25) is 0 Å². The van der Waals surface area contributed by atoms with E-state index < -0.39 is 10.0 Å². The minimum absolute atomic E-state index is 0.106. The van der Waals surface area contributed by atoms with Gasteiger partial charge in [0.2, 0.25) is 15.9 Å². The zero-order chi connectivity index (χ0) is 19.5.